The van der Waals surface area contributed by atoms with Crippen LogP contribution in [0.4, 0.5) is 0 Å². The molecule has 1 N–H and O–H groups in total. The van der Waals surface area contributed by atoms with E-state index in [1.54, 1.807) is 0 Å². The maximum atomic E-state index is 12.7. The first-order chi connectivity index (χ1) is 11.2. The highest BCUT2D eigenvalue weighted by Gasteiger charge is 2.30. The molecule has 3 heterocycles. The van der Waals surface area contributed by atoms with Crippen molar-refractivity contribution in [2.75, 3.05) is 19.6 Å². The highest BCUT2D eigenvalue weighted by molar-refractivity contribution is 6.31. The molecule has 0 bridgehead atoms. The van der Waals surface area contributed by atoms with Crippen molar-refractivity contribution in [3.05, 3.63) is 52.3 Å². The average molecular weight is 367 g/mol. The maximum Gasteiger partial charge on any atom is 0.274 e. The number of fused-ring (bicyclic) bond motifs is 1. The molecular formula is C17H20Cl2N4O. The summed E-state index contributed by atoms with van der Waals surface area (Å²) in [6.45, 7) is 3.98. The monoisotopic (exact) mass is 366 g/mol. The van der Waals surface area contributed by atoms with Crippen LogP contribution >= 0.6 is 24.0 Å². The number of halogens is 2. The van der Waals surface area contributed by atoms with Gasteiger partial charge in [-0.15, -0.1) is 12.4 Å². The Kier molecular flexibility index (Phi) is 5.13. The van der Waals surface area contributed by atoms with Crippen LogP contribution in [0.2, 0.25) is 5.02 Å². The standard InChI is InChI=1S/C17H19ClN4O.ClH/c18-15-4-2-1-3-14(15)12-5-7-21(11-12)17(23)16-9-13-10-19-6-8-22(13)20-16;/h1-4,9,12,19H,5-8,10-11H2;1H. The van der Waals surface area contributed by atoms with Gasteiger partial charge in [-0.25, -0.2) is 0 Å². The van der Waals surface area contributed by atoms with Crippen molar-refractivity contribution in [1.29, 1.82) is 0 Å². The van der Waals surface area contributed by atoms with Crippen LogP contribution in [-0.4, -0.2) is 40.2 Å². The molecule has 1 atom stereocenters. The lowest BCUT2D eigenvalue weighted by atomic mass is 9.98. The third-order valence-electron chi connectivity index (χ3n) is 4.71. The second-order valence-corrected chi connectivity index (χ2v) is 6.59. The first-order valence-corrected chi connectivity index (χ1v) is 8.41. The highest BCUT2D eigenvalue weighted by atomic mass is 35.5. The van der Waals surface area contributed by atoms with Crippen LogP contribution in [0.15, 0.2) is 30.3 Å². The zero-order chi connectivity index (χ0) is 15.8. The summed E-state index contributed by atoms with van der Waals surface area (Å²) in [4.78, 5) is 14.6. The number of hydrogen-bond donors (Lipinski definition) is 1. The molecule has 0 spiro atoms. The van der Waals surface area contributed by atoms with Gasteiger partial charge in [0.15, 0.2) is 5.69 Å². The molecule has 0 radical (unpaired) electrons. The molecule has 7 heteroatoms. The molecule has 4 rings (SSSR count). The van der Waals surface area contributed by atoms with Crippen LogP contribution in [0.25, 0.3) is 0 Å². The predicted molar refractivity (Wildman–Crippen MR) is 95.9 cm³/mol. The summed E-state index contributed by atoms with van der Waals surface area (Å²) in [5, 5.41) is 8.55. The van der Waals surface area contributed by atoms with Gasteiger partial charge < -0.3 is 10.2 Å². The van der Waals surface area contributed by atoms with Gasteiger partial charge in [0.05, 0.1) is 12.2 Å². The number of likely N-dealkylation sites (tertiary alicyclic amines) is 1. The lowest BCUT2D eigenvalue weighted by molar-refractivity contribution is 0.0784. The Hall–Kier alpha value is -1.56. The largest absolute Gasteiger partial charge is 0.337 e. The summed E-state index contributed by atoms with van der Waals surface area (Å²) in [7, 11) is 0. The van der Waals surface area contributed by atoms with Crippen molar-refractivity contribution < 1.29 is 4.79 Å². The summed E-state index contributed by atoms with van der Waals surface area (Å²) >= 11 is 6.29. The molecule has 1 amide bonds. The van der Waals surface area contributed by atoms with Crippen molar-refractivity contribution in [2.45, 2.75) is 25.4 Å². The predicted octanol–water partition coefficient (Wildman–Crippen LogP) is 2.69. The zero-order valence-electron chi connectivity index (χ0n) is 13.2. The quantitative estimate of drug-likeness (QED) is 0.888. The Morgan fingerprint density at radius 1 is 1.29 bits per heavy atom. The average Bonchev–Trinajstić information content (AvgIpc) is 3.21. The third-order valence-corrected chi connectivity index (χ3v) is 5.05. The normalized spacial score (nSPS) is 19.7. The van der Waals surface area contributed by atoms with E-state index in [-0.39, 0.29) is 18.3 Å². The molecule has 1 aromatic heterocycles. The van der Waals surface area contributed by atoms with Crippen molar-refractivity contribution in [3.63, 3.8) is 0 Å². The molecule has 128 valence electrons. The number of carbonyl (C=O) groups excluding carboxylic acids is 1. The minimum atomic E-state index is 0. The Morgan fingerprint density at radius 3 is 2.92 bits per heavy atom. The van der Waals surface area contributed by atoms with Gasteiger partial charge in [0, 0.05) is 37.1 Å². The van der Waals surface area contributed by atoms with E-state index in [2.05, 4.69) is 16.5 Å². The number of nitrogens with zero attached hydrogens (tertiary/aromatic N) is 3. The zero-order valence-corrected chi connectivity index (χ0v) is 14.8. The van der Waals surface area contributed by atoms with Gasteiger partial charge in [-0.2, -0.15) is 5.10 Å². The molecule has 2 aliphatic rings. The van der Waals surface area contributed by atoms with Gasteiger partial charge in [-0.1, -0.05) is 29.8 Å². The van der Waals surface area contributed by atoms with Crippen molar-refractivity contribution in [1.82, 2.24) is 20.0 Å². The Labute approximate surface area is 152 Å². The lowest BCUT2D eigenvalue weighted by Gasteiger charge is -2.16. The van der Waals surface area contributed by atoms with E-state index in [0.717, 1.165) is 48.9 Å². The number of hydrogen-bond acceptors (Lipinski definition) is 3. The van der Waals surface area contributed by atoms with Crippen molar-refractivity contribution in [2.24, 2.45) is 0 Å². The van der Waals surface area contributed by atoms with E-state index in [1.165, 1.54) is 0 Å². The fraction of sp³-hybridized carbons (Fsp3) is 0.412. The smallest absolute Gasteiger partial charge is 0.274 e. The topological polar surface area (TPSA) is 50.2 Å². The van der Waals surface area contributed by atoms with E-state index in [0.29, 0.717) is 18.2 Å². The van der Waals surface area contributed by atoms with Crippen LogP contribution in [0.3, 0.4) is 0 Å². The second kappa shape index (κ2) is 7.13. The molecular weight excluding hydrogens is 347 g/mol. The van der Waals surface area contributed by atoms with Crippen molar-refractivity contribution in [3.8, 4) is 0 Å². The second-order valence-electron chi connectivity index (χ2n) is 6.18. The maximum absolute atomic E-state index is 12.7. The van der Waals surface area contributed by atoms with Gasteiger partial charge in [-0.3, -0.25) is 9.48 Å². The summed E-state index contributed by atoms with van der Waals surface area (Å²) in [6.07, 6.45) is 0.949. The number of carbonyl (C=O) groups is 1. The first kappa shape index (κ1) is 17.3. The fourth-order valence-electron chi connectivity index (χ4n) is 3.46. The molecule has 1 fully saturated rings. The van der Waals surface area contributed by atoms with E-state index in [1.807, 2.05) is 33.8 Å². The summed E-state index contributed by atoms with van der Waals surface area (Å²) in [5.74, 6) is 0.341. The van der Waals surface area contributed by atoms with Gasteiger partial charge in [0.25, 0.3) is 5.91 Å². The van der Waals surface area contributed by atoms with Crippen LogP contribution < -0.4 is 5.32 Å². The van der Waals surface area contributed by atoms with Gasteiger partial charge >= 0.3 is 0 Å². The molecule has 2 aliphatic heterocycles. The number of aromatic nitrogens is 2. The molecule has 1 unspecified atom stereocenters. The summed E-state index contributed by atoms with van der Waals surface area (Å²) < 4.78 is 1.94. The van der Waals surface area contributed by atoms with Gasteiger partial charge in [0.2, 0.25) is 0 Å². The molecule has 0 aliphatic carbocycles. The van der Waals surface area contributed by atoms with Crippen LogP contribution in [0, 0.1) is 0 Å². The van der Waals surface area contributed by atoms with E-state index in [9.17, 15) is 4.79 Å². The summed E-state index contributed by atoms with van der Waals surface area (Å²) in [6, 6.07) is 9.83. The Balaban J connectivity index is 0.00000169. The molecule has 1 saturated heterocycles. The molecule has 5 nitrogen and oxygen atoms in total. The SMILES string of the molecule is Cl.O=C(c1cc2n(n1)CCNC2)N1CCC(c2ccccc2Cl)C1. The van der Waals surface area contributed by atoms with Crippen LogP contribution in [0.5, 0.6) is 0 Å². The Bertz CT molecular complexity index is 722. The molecule has 0 saturated carbocycles. The van der Waals surface area contributed by atoms with Crippen LogP contribution in [0.1, 0.15) is 34.1 Å². The van der Waals surface area contributed by atoms with Crippen LogP contribution in [-0.2, 0) is 13.1 Å². The number of rotatable bonds is 2. The van der Waals surface area contributed by atoms with E-state index in [4.69, 9.17) is 11.6 Å². The minimum Gasteiger partial charge on any atom is -0.337 e. The number of benzene rings is 1. The van der Waals surface area contributed by atoms with E-state index >= 15 is 0 Å². The molecule has 24 heavy (non-hydrogen) atoms. The fourth-order valence-corrected chi connectivity index (χ4v) is 3.75. The highest BCUT2D eigenvalue weighted by Crippen LogP contribution is 2.32. The Morgan fingerprint density at radius 2 is 2.12 bits per heavy atom. The van der Waals surface area contributed by atoms with Gasteiger partial charge in [0.1, 0.15) is 0 Å². The minimum absolute atomic E-state index is 0. The number of nitrogens with one attached hydrogen (secondary N) is 1. The molecule has 1 aromatic carbocycles. The third kappa shape index (κ3) is 3.16. The summed E-state index contributed by atoms with van der Waals surface area (Å²) in [5.41, 5.74) is 2.78. The lowest BCUT2D eigenvalue weighted by Crippen LogP contribution is -2.29. The van der Waals surface area contributed by atoms with Crippen molar-refractivity contribution >= 4 is 29.9 Å². The molecule has 2 aromatic rings. The first-order valence-electron chi connectivity index (χ1n) is 8.03. The van der Waals surface area contributed by atoms with Gasteiger partial charge in [-0.05, 0) is 24.1 Å². The number of amides is 1. The van der Waals surface area contributed by atoms with E-state index < -0.39 is 0 Å².